The number of hydrogen-bond donors (Lipinski definition) is 2. The Balaban J connectivity index is 1.51. The van der Waals surface area contributed by atoms with Crippen LogP contribution in [-0.4, -0.2) is 62.5 Å². The fourth-order valence-corrected chi connectivity index (χ4v) is 4.49. The second-order valence-corrected chi connectivity index (χ2v) is 9.61. The normalized spacial score (nSPS) is 11.3. The van der Waals surface area contributed by atoms with E-state index in [4.69, 9.17) is 31.4 Å². The summed E-state index contributed by atoms with van der Waals surface area (Å²) in [5.74, 6) is 0.575. The summed E-state index contributed by atoms with van der Waals surface area (Å²) in [6.07, 6.45) is 1.47. The Hall–Kier alpha value is -4.01. The lowest BCUT2D eigenvalue weighted by atomic mass is 10.2. The smallest absolute Gasteiger partial charge is 0.293 e. The van der Waals surface area contributed by atoms with E-state index in [0.29, 0.717) is 38.8 Å². The molecular formula is C25H27BrClN9O4. The number of aromatic nitrogens is 5. The monoisotopic (exact) mass is 631 g/mol. The van der Waals surface area contributed by atoms with Crippen molar-refractivity contribution in [2.75, 3.05) is 25.9 Å². The van der Waals surface area contributed by atoms with Crippen LogP contribution in [0, 0.1) is 0 Å². The van der Waals surface area contributed by atoms with Crippen LogP contribution in [0.1, 0.15) is 41.2 Å². The summed E-state index contributed by atoms with van der Waals surface area (Å²) < 4.78 is 18.2. The molecule has 40 heavy (non-hydrogen) atoms. The van der Waals surface area contributed by atoms with Gasteiger partial charge in [0.2, 0.25) is 11.6 Å². The molecule has 2 heterocycles. The summed E-state index contributed by atoms with van der Waals surface area (Å²) in [7, 11) is 1.53. The van der Waals surface area contributed by atoms with Crippen LogP contribution in [0.5, 0.6) is 11.5 Å². The minimum absolute atomic E-state index is 0.0227. The van der Waals surface area contributed by atoms with Gasteiger partial charge in [0.05, 0.1) is 23.5 Å². The molecule has 4 rings (SSSR count). The van der Waals surface area contributed by atoms with Gasteiger partial charge in [0, 0.05) is 17.1 Å². The SMILES string of the molecule is CCN(CC)Cc1c(C(=O)N/N=C\c2cc(Br)c(OCc3ccccc3Cl)c(OC)c2)nnn1-c1nonc1N. The Morgan fingerprint density at radius 2 is 2.05 bits per heavy atom. The van der Waals surface area contributed by atoms with Gasteiger partial charge < -0.3 is 15.2 Å². The lowest BCUT2D eigenvalue weighted by Crippen LogP contribution is -2.27. The fraction of sp³-hybridized carbons (Fsp3) is 0.280. The summed E-state index contributed by atoms with van der Waals surface area (Å²) in [6.45, 7) is 6.11. The number of carbonyl (C=O) groups excluding carboxylic acids is 1. The first-order valence-electron chi connectivity index (χ1n) is 12.2. The molecule has 0 radical (unpaired) electrons. The quantitative estimate of drug-likeness (QED) is 0.174. The van der Waals surface area contributed by atoms with Crippen molar-refractivity contribution in [1.29, 1.82) is 0 Å². The maximum Gasteiger partial charge on any atom is 0.293 e. The van der Waals surface area contributed by atoms with Crippen LogP contribution in [-0.2, 0) is 13.2 Å². The van der Waals surface area contributed by atoms with Crippen molar-refractivity contribution in [3.8, 4) is 17.3 Å². The number of carbonyl (C=O) groups is 1. The number of hydrazone groups is 1. The molecule has 0 saturated carbocycles. The van der Waals surface area contributed by atoms with Crippen molar-refractivity contribution in [3.63, 3.8) is 0 Å². The Bertz CT molecular complexity index is 1500. The highest BCUT2D eigenvalue weighted by Crippen LogP contribution is 2.37. The topological polar surface area (TPSA) is 159 Å². The Morgan fingerprint density at radius 3 is 2.73 bits per heavy atom. The third kappa shape index (κ3) is 6.58. The van der Waals surface area contributed by atoms with Crippen molar-refractivity contribution in [1.82, 2.24) is 35.6 Å². The number of nitrogen functional groups attached to an aromatic ring is 1. The minimum atomic E-state index is -0.564. The van der Waals surface area contributed by atoms with Crippen LogP contribution < -0.4 is 20.6 Å². The molecule has 210 valence electrons. The van der Waals surface area contributed by atoms with Gasteiger partial charge in [-0.2, -0.15) is 9.78 Å². The molecule has 3 N–H and O–H groups in total. The van der Waals surface area contributed by atoms with Gasteiger partial charge in [-0.3, -0.25) is 9.69 Å². The maximum absolute atomic E-state index is 13.1. The molecule has 4 aromatic rings. The van der Waals surface area contributed by atoms with Crippen LogP contribution in [0.4, 0.5) is 5.82 Å². The van der Waals surface area contributed by atoms with E-state index in [2.05, 4.69) is 52.0 Å². The van der Waals surface area contributed by atoms with E-state index in [0.717, 1.165) is 18.7 Å². The zero-order valence-electron chi connectivity index (χ0n) is 22.0. The Labute approximate surface area is 243 Å². The van der Waals surface area contributed by atoms with Gasteiger partial charge in [-0.15, -0.1) is 5.10 Å². The van der Waals surface area contributed by atoms with Crippen molar-refractivity contribution >= 4 is 45.5 Å². The van der Waals surface area contributed by atoms with Gasteiger partial charge in [-0.1, -0.05) is 48.9 Å². The number of hydrogen-bond acceptors (Lipinski definition) is 11. The highest BCUT2D eigenvalue weighted by molar-refractivity contribution is 9.10. The third-order valence-corrected chi connectivity index (χ3v) is 6.86. The van der Waals surface area contributed by atoms with Gasteiger partial charge in [0.1, 0.15) is 6.61 Å². The lowest BCUT2D eigenvalue weighted by Gasteiger charge is -2.18. The van der Waals surface area contributed by atoms with Crippen molar-refractivity contribution in [2.45, 2.75) is 27.0 Å². The molecule has 15 heteroatoms. The second kappa shape index (κ2) is 13.4. The first kappa shape index (κ1) is 29.0. The number of nitrogens with two attached hydrogens (primary N) is 1. The van der Waals surface area contributed by atoms with E-state index in [1.807, 2.05) is 32.0 Å². The van der Waals surface area contributed by atoms with E-state index in [9.17, 15) is 4.79 Å². The minimum Gasteiger partial charge on any atom is -0.493 e. The van der Waals surface area contributed by atoms with E-state index in [-0.39, 0.29) is 23.9 Å². The zero-order valence-corrected chi connectivity index (χ0v) is 24.3. The molecular weight excluding hydrogens is 606 g/mol. The molecule has 0 fully saturated rings. The summed E-state index contributed by atoms with van der Waals surface area (Å²) in [4.78, 5) is 15.1. The average molecular weight is 633 g/mol. The number of amides is 1. The van der Waals surface area contributed by atoms with Gasteiger partial charge in [0.25, 0.3) is 5.91 Å². The van der Waals surface area contributed by atoms with E-state index in [1.54, 1.807) is 18.2 Å². The number of nitrogens with zero attached hydrogens (tertiary/aromatic N) is 7. The van der Waals surface area contributed by atoms with Gasteiger partial charge in [-0.25, -0.2) is 10.1 Å². The third-order valence-electron chi connectivity index (χ3n) is 5.90. The van der Waals surface area contributed by atoms with Gasteiger partial charge in [-0.05, 0) is 63.1 Å². The van der Waals surface area contributed by atoms with Crippen molar-refractivity contribution < 1.29 is 18.9 Å². The molecule has 0 spiro atoms. The molecule has 13 nitrogen and oxygen atoms in total. The summed E-state index contributed by atoms with van der Waals surface area (Å²) in [5.41, 5.74) is 10.3. The first-order chi connectivity index (χ1) is 19.4. The van der Waals surface area contributed by atoms with Crippen LogP contribution in [0.2, 0.25) is 5.02 Å². The number of anilines is 1. The summed E-state index contributed by atoms with van der Waals surface area (Å²) >= 11 is 9.76. The van der Waals surface area contributed by atoms with Crippen molar-refractivity contribution in [3.05, 3.63) is 68.4 Å². The summed E-state index contributed by atoms with van der Waals surface area (Å²) in [6, 6.07) is 10.9. The molecule has 0 unspecified atom stereocenters. The number of nitrogens with one attached hydrogen (secondary N) is 1. The molecule has 0 atom stereocenters. The average Bonchev–Trinajstić information content (AvgIpc) is 3.56. The number of halogens is 2. The van der Waals surface area contributed by atoms with Gasteiger partial charge in [0.15, 0.2) is 17.2 Å². The van der Waals surface area contributed by atoms with Crippen LogP contribution in [0.25, 0.3) is 5.82 Å². The largest absolute Gasteiger partial charge is 0.493 e. The highest BCUT2D eigenvalue weighted by Gasteiger charge is 2.25. The van der Waals surface area contributed by atoms with Crippen molar-refractivity contribution in [2.24, 2.45) is 5.10 Å². The van der Waals surface area contributed by atoms with E-state index in [1.165, 1.54) is 18.0 Å². The Kier molecular flexibility index (Phi) is 9.69. The van der Waals surface area contributed by atoms with E-state index >= 15 is 0 Å². The molecule has 2 aromatic heterocycles. The van der Waals surface area contributed by atoms with Crippen LogP contribution >= 0.6 is 27.5 Å². The maximum atomic E-state index is 13.1. The predicted octanol–water partition coefficient (Wildman–Crippen LogP) is 3.84. The lowest BCUT2D eigenvalue weighted by molar-refractivity contribution is 0.0948. The molecule has 0 aliphatic carbocycles. The zero-order chi connectivity index (χ0) is 28.6. The van der Waals surface area contributed by atoms with Crippen LogP contribution in [0.15, 0.2) is 50.6 Å². The molecule has 0 aliphatic rings. The molecule has 0 saturated heterocycles. The highest BCUT2D eigenvalue weighted by atomic mass is 79.9. The second-order valence-electron chi connectivity index (χ2n) is 8.34. The van der Waals surface area contributed by atoms with Crippen LogP contribution in [0.3, 0.4) is 0 Å². The summed E-state index contributed by atoms with van der Waals surface area (Å²) in [5, 5.41) is 20.2. The predicted molar refractivity (Wildman–Crippen MR) is 152 cm³/mol. The van der Waals surface area contributed by atoms with Gasteiger partial charge >= 0.3 is 0 Å². The first-order valence-corrected chi connectivity index (χ1v) is 13.4. The number of ether oxygens (including phenoxy) is 2. The molecule has 0 bridgehead atoms. The molecule has 0 aliphatic heterocycles. The molecule has 2 aromatic carbocycles. The fourth-order valence-electron chi connectivity index (χ4n) is 3.72. The number of benzene rings is 2. The number of rotatable bonds is 12. The number of methoxy groups -OCH3 is 1. The Morgan fingerprint density at radius 1 is 1.27 bits per heavy atom. The van der Waals surface area contributed by atoms with E-state index < -0.39 is 5.91 Å². The standard InChI is InChI=1S/C25H27BrClN9O4/c1-4-35(5-2)13-19-21(30-34-36(19)24-23(28)32-40-33-24)25(37)31-29-12-15-10-17(26)22(20(11-15)38-3)39-14-16-8-6-7-9-18(16)27/h6-12H,4-5,13-14H2,1-3H3,(H2,28,32)(H,31,37)/b29-12-. The molecule has 1 amide bonds.